The van der Waals surface area contributed by atoms with Gasteiger partial charge in [-0.15, -0.1) is 0 Å². The highest BCUT2D eigenvalue weighted by molar-refractivity contribution is 9.10. The number of hydrogen-bond acceptors (Lipinski definition) is 4. The molecule has 0 aliphatic heterocycles. The van der Waals surface area contributed by atoms with Crippen molar-refractivity contribution in [1.82, 2.24) is 0 Å². The Kier molecular flexibility index (Phi) is 4.20. The Hall–Kier alpha value is -1.73. The Morgan fingerprint density at radius 3 is 2.35 bits per heavy atom. The molecule has 0 amide bonds. The van der Waals surface area contributed by atoms with E-state index in [1.54, 1.807) is 18.2 Å². The maximum atomic E-state index is 12.1. The van der Waals surface area contributed by atoms with E-state index in [2.05, 4.69) is 20.7 Å². The number of hydrogen-bond donors (Lipinski definition) is 2. The summed E-state index contributed by atoms with van der Waals surface area (Å²) in [5.41, 5.74) is 0.408. The van der Waals surface area contributed by atoms with E-state index in [0.29, 0.717) is 15.9 Å². The molecule has 0 radical (unpaired) electrons. The molecule has 0 unspecified atom stereocenters. The summed E-state index contributed by atoms with van der Waals surface area (Å²) in [6.45, 7) is 0. The molecule has 0 heterocycles. The number of anilines is 1. The first-order chi connectivity index (χ1) is 9.42. The van der Waals surface area contributed by atoms with Crippen LogP contribution in [-0.2, 0) is 10.0 Å². The largest absolute Gasteiger partial charge is 0.508 e. The second-order valence-electron chi connectivity index (χ2n) is 3.95. The number of nitrogens with one attached hydrogen (secondary N) is 1. The number of ether oxygens (including phenoxy) is 1. The number of phenols is 1. The van der Waals surface area contributed by atoms with Crippen LogP contribution in [0.1, 0.15) is 0 Å². The van der Waals surface area contributed by atoms with Gasteiger partial charge in [-0.2, -0.15) is 0 Å². The maximum Gasteiger partial charge on any atom is 0.261 e. The standard InChI is InChI=1S/C13H12BrNO4S/c1-19-13-7-2-9(8-12(13)14)15-20(17,18)11-5-3-10(16)4-6-11/h2-8,15-16H,1H3. The molecule has 0 spiro atoms. The molecule has 0 fully saturated rings. The lowest BCUT2D eigenvalue weighted by Gasteiger charge is -2.10. The van der Waals surface area contributed by atoms with E-state index in [-0.39, 0.29) is 10.6 Å². The number of rotatable bonds is 4. The van der Waals surface area contributed by atoms with E-state index in [1.807, 2.05) is 0 Å². The van der Waals surface area contributed by atoms with Gasteiger partial charge in [-0.05, 0) is 58.4 Å². The van der Waals surface area contributed by atoms with E-state index in [9.17, 15) is 13.5 Å². The topological polar surface area (TPSA) is 75.6 Å². The molecule has 2 aromatic rings. The minimum absolute atomic E-state index is 0.0103. The molecule has 20 heavy (non-hydrogen) atoms. The van der Waals surface area contributed by atoms with Crippen LogP contribution in [0.5, 0.6) is 11.5 Å². The van der Waals surface area contributed by atoms with Crippen LogP contribution in [0.15, 0.2) is 51.8 Å². The summed E-state index contributed by atoms with van der Waals surface area (Å²) in [7, 11) is -2.16. The van der Waals surface area contributed by atoms with Crippen molar-refractivity contribution in [2.75, 3.05) is 11.8 Å². The molecular weight excluding hydrogens is 346 g/mol. The maximum absolute atomic E-state index is 12.1. The first-order valence-corrected chi connectivity index (χ1v) is 7.85. The molecule has 2 N–H and O–H groups in total. The number of sulfonamides is 1. The number of aromatic hydroxyl groups is 1. The molecule has 2 rings (SSSR count). The van der Waals surface area contributed by atoms with Gasteiger partial charge in [0.15, 0.2) is 0 Å². The highest BCUT2D eigenvalue weighted by atomic mass is 79.9. The Bertz CT molecular complexity index is 714. The summed E-state index contributed by atoms with van der Waals surface area (Å²) in [6, 6.07) is 10.2. The van der Waals surface area contributed by atoms with Crippen molar-refractivity contribution in [3.63, 3.8) is 0 Å². The highest BCUT2D eigenvalue weighted by Crippen LogP contribution is 2.29. The Morgan fingerprint density at radius 2 is 1.80 bits per heavy atom. The van der Waals surface area contributed by atoms with Crippen LogP contribution in [0.25, 0.3) is 0 Å². The Balaban J connectivity index is 2.28. The van der Waals surface area contributed by atoms with E-state index in [0.717, 1.165) is 0 Å². The molecule has 5 nitrogen and oxygen atoms in total. The SMILES string of the molecule is COc1ccc(NS(=O)(=O)c2ccc(O)cc2)cc1Br. The zero-order chi connectivity index (χ0) is 14.8. The molecule has 2 aromatic carbocycles. The van der Waals surface area contributed by atoms with Gasteiger partial charge >= 0.3 is 0 Å². The van der Waals surface area contributed by atoms with Crippen molar-refractivity contribution in [3.05, 3.63) is 46.9 Å². The van der Waals surface area contributed by atoms with Gasteiger partial charge in [0, 0.05) is 0 Å². The molecular formula is C13H12BrNO4S. The normalized spacial score (nSPS) is 11.1. The third kappa shape index (κ3) is 3.23. The van der Waals surface area contributed by atoms with E-state index in [1.165, 1.54) is 31.4 Å². The molecule has 0 saturated heterocycles. The van der Waals surface area contributed by atoms with Gasteiger partial charge in [0.1, 0.15) is 11.5 Å². The van der Waals surface area contributed by atoms with Crippen LogP contribution in [-0.4, -0.2) is 20.6 Å². The zero-order valence-electron chi connectivity index (χ0n) is 10.5. The Labute approximate surface area is 125 Å². The fourth-order valence-corrected chi connectivity index (χ4v) is 3.16. The summed E-state index contributed by atoms with van der Waals surface area (Å²) in [5.74, 6) is 0.619. The number of benzene rings is 2. The summed E-state index contributed by atoms with van der Waals surface area (Å²) < 4.78 is 32.5. The first kappa shape index (κ1) is 14.7. The van der Waals surface area contributed by atoms with Crippen LogP contribution in [0.4, 0.5) is 5.69 Å². The molecule has 0 aromatic heterocycles. The van der Waals surface area contributed by atoms with Crippen molar-refractivity contribution in [3.8, 4) is 11.5 Å². The minimum Gasteiger partial charge on any atom is -0.508 e. The van der Waals surface area contributed by atoms with Crippen molar-refractivity contribution in [1.29, 1.82) is 0 Å². The second kappa shape index (κ2) is 5.72. The number of phenolic OH excluding ortho intramolecular Hbond substituents is 1. The molecule has 0 saturated carbocycles. The van der Waals surface area contributed by atoms with E-state index in [4.69, 9.17) is 4.74 Å². The van der Waals surface area contributed by atoms with Crippen molar-refractivity contribution < 1.29 is 18.3 Å². The van der Waals surface area contributed by atoms with Crippen molar-refractivity contribution in [2.24, 2.45) is 0 Å². The average Bonchev–Trinajstić information content (AvgIpc) is 2.39. The lowest BCUT2D eigenvalue weighted by molar-refractivity contribution is 0.412. The minimum atomic E-state index is -3.69. The quantitative estimate of drug-likeness (QED) is 0.881. The third-order valence-corrected chi connectivity index (χ3v) is 4.57. The lowest BCUT2D eigenvalue weighted by Crippen LogP contribution is -2.12. The van der Waals surface area contributed by atoms with Crippen molar-refractivity contribution in [2.45, 2.75) is 4.90 Å². The smallest absolute Gasteiger partial charge is 0.261 e. The molecule has 0 bridgehead atoms. The van der Waals surface area contributed by atoms with Gasteiger partial charge in [0.2, 0.25) is 0 Å². The van der Waals surface area contributed by atoms with Gasteiger partial charge in [-0.25, -0.2) is 8.42 Å². The van der Waals surface area contributed by atoms with Gasteiger partial charge in [0.05, 0.1) is 22.2 Å². The molecule has 7 heteroatoms. The summed E-state index contributed by atoms with van der Waals surface area (Å²) in [4.78, 5) is 0.0715. The monoisotopic (exact) mass is 357 g/mol. The predicted molar refractivity (Wildman–Crippen MR) is 79.6 cm³/mol. The van der Waals surface area contributed by atoms with Crippen LogP contribution < -0.4 is 9.46 Å². The summed E-state index contributed by atoms with van der Waals surface area (Å²) in [5, 5.41) is 9.17. The molecule has 0 aliphatic rings. The second-order valence-corrected chi connectivity index (χ2v) is 6.49. The molecule has 106 valence electrons. The number of halogens is 1. The summed E-state index contributed by atoms with van der Waals surface area (Å²) in [6.07, 6.45) is 0. The predicted octanol–water partition coefficient (Wildman–Crippen LogP) is 2.96. The summed E-state index contributed by atoms with van der Waals surface area (Å²) >= 11 is 3.29. The lowest BCUT2D eigenvalue weighted by atomic mass is 10.3. The fourth-order valence-electron chi connectivity index (χ4n) is 1.57. The van der Waals surface area contributed by atoms with Crippen LogP contribution in [0, 0.1) is 0 Å². The molecule has 0 atom stereocenters. The Morgan fingerprint density at radius 1 is 1.15 bits per heavy atom. The van der Waals surface area contributed by atoms with E-state index < -0.39 is 10.0 Å². The van der Waals surface area contributed by atoms with Crippen molar-refractivity contribution >= 4 is 31.6 Å². The fraction of sp³-hybridized carbons (Fsp3) is 0.0769. The van der Waals surface area contributed by atoms with Gasteiger partial charge in [-0.3, -0.25) is 4.72 Å². The third-order valence-electron chi connectivity index (χ3n) is 2.55. The van der Waals surface area contributed by atoms with Crippen LogP contribution in [0.2, 0.25) is 0 Å². The van der Waals surface area contributed by atoms with Crippen LogP contribution >= 0.6 is 15.9 Å². The number of methoxy groups -OCH3 is 1. The van der Waals surface area contributed by atoms with Crippen LogP contribution in [0.3, 0.4) is 0 Å². The average molecular weight is 358 g/mol. The first-order valence-electron chi connectivity index (χ1n) is 5.58. The van der Waals surface area contributed by atoms with Gasteiger partial charge < -0.3 is 9.84 Å². The molecule has 0 aliphatic carbocycles. The van der Waals surface area contributed by atoms with Gasteiger partial charge in [-0.1, -0.05) is 0 Å². The highest BCUT2D eigenvalue weighted by Gasteiger charge is 2.14. The zero-order valence-corrected chi connectivity index (χ0v) is 12.9. The van der Waals surface area contributed by atoms with E-state index >= 15 is 0 Å². The van der Waals surface area contributed by atoms with Gasteiger partial charge in [0.25, 0.3) is 10.0 Å².